The molecular formula is C11H16O2. The van der Waals surface area contributed by atoms with Crippen molar-refractivity contribution in [1.82, 2.24) is 0 Å². The lowest BCUT2D eigenvalue weighted by Gasteiger charge is -2.31. The lowest BCUT2D eigenvalue weighted by atomic mass is 9.84. The average Bonchev–Trinajstić information content (AvgIpc) is 2.88. The number of aliphatic hydroxyl groups is 1. The van der Waals surface area contributed by atoms with Crippen LogP contribution in [0.5, 0.6) is 0 Å². The van der Waals surface area contributed by atoms with Gasteiger partial charge in [-0.1, -0.05) is 0 Å². The molecule has 4 rings (SSSR count). The third-order valence-electron chi connectivity index (χ3n) is 5.35. The minimum atomic E-state index is -0.424. The lowest BCUT2D eigenvalue weighted by molar-refractivity contribution is -0.0612. The fraction of sp³-hybridized carbons (Fsp3) is 1.00. The summed E-state index contributed by atoms with van der Waals surface area (Å²) in [7, 11) is 1.84. The molecule has 0 saturated heterocycles. The molecule has 0 aromatic rings. The zero-order valence-corrected chi connectivity index (χ0v) is 8.16. The van der Waals surface area contributed by atoms with Gasteiger partial charge in [-0.15, -0.1) is 0 Å². The minimum absolute atomic E-state index is 0.136. The third kappa shape index (κ3) is 0.511. The first-order chi connectivity index (χ1) is 6.13. The van der Waals surface area contributed by atoms with E-state index in [1.807, 2.05) is 14.0 Å². The van der Waals surface area contributed by atoms with Gasteiger partial charge < -0.3 is 9.84 Å². The van der Waals surface area contributed by atoms with E-state index < -0.39 is 5.60 Å². The van der Waals surface area contributed by atoms with E-state index in [0.717, 1.165) is 24.2 Å². The van der Waals surface area contributed by atoms with Gasteiger partial charge in [0.15, 0.2) is 0 Å². The SMILES string of the molecule is CO[C@@]12C3C[C@](C)(O)[C@@H]1[C@H]1C[C@H]1C32. The van der Waals surface area contributed by atoms with E-state index in [0.29, 0.717) is 11.8 Å². The Bertz CT molecular complexity index is 298. The van der Waals surface area contributed by atoms with Crippen molar-refractivity contribution < 1.29 is 9.84 Å². The summed E-state index contributed by atoms with van der Waals surface area (Å²) in [5.74, 6) is 3.71. The fourth-order valence-corrected chi connectivity index (χ4v) is 5.14. The smallest absolute Gasteiger partial charge is 0.0804 e. The van der Waals surface area contributed by atoms with Crippen LogP contribution in [-0.4, -0.2) is 23.4 Å². The zero-order chi connectivity index (χ0) is 9.01. The second kappa shape index (κ2) is 1.59. The van der Waals surface area contributed by atoms with Gasteiger partial charge in [-0.3, -0.25) is 0 Å². The quantitative estimate of drug-likeness (QED) is 0.653. The van der Waals surface area contributed by atoms with Crippen LogP contribution in [-0.2, 0) is 4.74 Å². The highest BCUT2D eigenvalue weighted by Gasteiger charge is 2.89. The molecule has 72 valence electrons. The van der Waals surface area contributed by atoms with Crippen LogP contribution in [0, 0.1) is 29.6 Å². The van der Waals surface area contributed by atoms with Crippen molar-refractivity contribution in [3.63, 3.8) is 0 Å². The van der Waals surface area contributed by atoms with Gasteiger partial charge in [0.05, 0.1) is 11.2 Å². The lowest BCUT2D eigenvalue weighted by Crippen LogP contribution is -2.39. The molecule has 0 aromatic heterocycles. The van der Waals surface area contributed by atoms with Gasteiger partial charge in [0, 0.05) is 13.0 Å². The summed E-state index contributed by atoms with van der Waals surface area (Å²) in [6.45, 7) is 2.02. The summed E-state index contributed by atoms with van der Waals surface area (Å²) >= 11 is 0. The van der Waals surface area contributed by atoms with Gasteiger partial charge in [0.1, 0.15) is 0 Å². The molecule has 7 atom stereocenters. The molecule has 4 aliphatic rings. The topological polar surface area (TPSA) is 29.5 Å². The Balaban J connectivity index is 1.85. The Labute approximate surface area is 78.3 Å². The molecular weight excluding hydrogens is 164 g/mol. The summed E-state index contributed by atoms with van der Waals surface area (Å²) < 4.78 is 5.74. The van der Waals surface area contributed by atoms with Crippen LogP contribution < -0.4 is 0 Å². The van der Waals surface area contributed by atoms with E-state index in [9.17, 15) is 5.11 Å². The second-order valence-corrected chi connectivity index (χ2v) is 5.79. The van der Waals surface area contributed by atoms with E-state index in [4.69, 9.17) is 4.74 Å². The van der Waals surface area contributed by atoms with Crippen molar-refractivity contribution in [3.05, 3.63) is 0 Å². The van der Waals surface area contributed by atoms with Crippen molar-refractivity contribution >= 4 is 0 Å². The highest BCUT2D eigenvalue weighted by molar-refractivity contribution is 5.38. The molecule has 0 heterocycles. The van der Waals surface area contributed by atoms with Gasteiger partial charge in [-0.2, -0.15) is 0 Å². The summed E-state index contributed by atoms with van der Waals surface area (Å²) in [6, 6.07) is 0. The molecule has 0 amide bonds. The summed E-state index contributed by atoms with van der Waals surface area (Å²) in [4.78, 5) is 0. The number of hydrogen-bond donors (Lipinski definition) is 1. The first-order valence-corrected chi connectivity index (χ1v) is 5.40. The Kier molecular flexibility index (Phi) is 0.885. The van der Waals surface area contributed by atoms with Gasteiger partial charge in [0.2, 0.25) is 0 Å². The van der Waals surface area contributed by atoms with Crippen LogP contribution in [0.3, 0.4) is 0 Å². The van der Waals surface area contributed by atoms with Crippen molar-refractivity contribution in [1.29, 1.82) is 0 Å². The molecule has 2 nitrogen and oxygen atoms in total. The highest BCUT2D eigenvalue weighted by Crippen LogP contribution is 2.85. The Morgan fingerprint density at radius 1 is 1.38 bits per heavy atom. The molecule has 4 saturated carbocycles. The zero-order valence-electron chi connectivity index (χ0n) is 8.16. The predicted molar refractivity (Wildman–Crippen MR) is 47.0 cm³/mol. The van der Waals surface area contributed by atoms with E-state index in [1.165, 1.54) is 6.42 Å². The highest BCUT2D eigenvalue weighted by atomic mass is 16.5. The van der Waals surface area contributed by atoms with Gasteiger partial charge in [-0.05, 0) is 43.4 Å². The van der Waals surface area contributed by atoms with Crippen LogP contribution in [0.15, 0.2) is 0 Å². The van der Waals surface area contributed by atoms with Crippen molar-refractivity contribution in [2.45, 2.75) is 31.0 Å². The molecule has 4 fully saturated rings. The van der Waals surface area contributed by atoms with Gasteiger partial charge in [0.25, 0.3) is 0 Å². The number of rotatable bonds is 1. The van der Waals surface area contributed by atoms with E-state index in [-0.39, 0.29) is 5.60 Å². The maximum absolute atomic E-state index is 10.3. The monoisotopic (exact) mass is 180 g/mol. The summed E-state index contributed by atoms with van der Waals surface area (Å²) in [6.07, 6.45) is 2.36. The largest absolute Gasteiger partial charge is 0.390 e. The van der Waals surface area contributed by atoms with E-state index in [2.05, 4.69) is 0 Å². The molecule has 0 aromatic carbocycles. The van der Waals surface area contributed by atoms with Crippen LogP contribution in [0.2, 0.25) is 0 Å². The second-order valence-electron chi connectivity index (χ2n) is 5.79. The maximum Gasteiger partial charge on any atom is 0.0804 e. The Morgan fingerprint density at radius 2 is 2.15 bits per heavy atom. The van der Waals surface area contributed by atoms with Crippen molar-refractivity contribution in [3.8, 4) is 0 Å². The van der Waals surface area contributed by atoms with Gasteiger partial charge >= 0.3 is 0 Å². The molecule has 2 unspecified atom stereocenters. The van der Waals surface area contributed by atoms with Gasteiger partial charge in [-0.25, -0.2) is 0 Å². The van der Waals surface area contributed by atoms with Crippen LogP contribution >= 0.6 is 0 Å². The molecule has 0 bridgehead atoms. The standard InChI is InChI=1S/C11H16O2/c1-10(12)4-7-8-5-3-6(5)9(10)11(7,8)13-2/h5-9,12H,3-4H2,1-2H3/t5-,6+,7?,8?,9+,10+,11-/m1/s1. The number of hydrogen-bond acceptors (Lipinski definition) is 2. The summed E-state index contributed by atoms with van der Waals surface area (Å²) in [5, 5.41) is 10.3. The molecule has 0 aliphatic heterocycles. The average molecular weight is 180 g/mol. The molecule has 0 spiro atoms. The molecule has 13 heavy (non-hydrogen) atoms. The van der Waals surface area contributed by atoms with Crippen LogP contribution in [0.4, 0.5) is 0 Å². The predicted octanol–water partition coefficient (Wildman–Crippen LogP) is 1.04. The molecule has 2 heteroatoms. The molecule has 1 N–H and O–H groups in total. The fourth-order valence-electron chi connectivity index (χ4n) is 5.14. The van der Waals surface area contributed by atoms with Crippen LogP contribution in [0.25, 0.3) is 0 Å². The first kappa shape index (κ1) is 7.24. The van der Waals surface area contributed by atoms with Crippen molar-refractivity contribution in [2.75, 3.05) is 7.11 Å². The van der Waals surface area contributed by atoms with Crippen molar-refractivity contribution in [2.24, 2.45) is 29.6 Å². The van der Waals surface area contributed by atoms with Crippen LogP contribution in [0.1, 0.15) is 19.8 Å². The number of methoxy groups -OCH3 is 1. The normalized spacial score (nSPS) is 76.4. The Morgan fingerprint density at radius 3 is 2.77 bits per heavy atom. The first-order valence-electron chi connectivity index (χ1n) is 5.40. The van der Waals surface area contributed by atoms with E-state index >= 15 is 0 Å². The minimum Gasteiger partial charge on any atom is -0.390 e. The molecule has 0 radical (unpaired) electrons. The number of fused-ring (bicyclic) bond motifs is 4. The third-order valence-corrected chi connectivity index (χ3v) is 5.35. The Hall–Kier alpha value is -0.0800. The van der Waals surface area contributed by atoms with E-state index in [1.54, 1.807) is 0 Å². The number of ether oxygens (including phenoxy) is 1. The molecule has 4 aliphatic carbocycles. The summed E-state index contributed by atoms with van der Waals surface area (Å²) in [5.41, 5.74) is -0.288. The maximum atomic E-state index is 10.3.